The predicted molar refractivity (Wildman–Crippen MR) is 109 cm³/mol. The standard InChI is InChI=1S/C23H23N5/c24-23-20-10-8-17(7-9-18-5-1-3-12-25-18)15-21(20)26-22-11-14-27-13-4-2-6-19(27)16-28(22)23/h1,3,5,8,10,12,15,19,24H,2,4,6,11,13-14,16H2. The van der Waals surface area contributed by atoms with Crippen LogP contribution < -0.4 is 5.49 Å². The summed E-state index contributed by atoms with van der Waals surface area (Å²) in [6.45, 7) is 3.11. The van der Waals surface area contributed by atoms with Crippen molar-refractivity contribution in [2.24, 2.45) is 0 Å². The molecular weight excluding hydrogens is 346 g/mol. The molecule has 1 atom stereocenters. The smallest absolute Gasteiger partial charge is 0.135 e. The molecule has 1 fully saturated rings. The van der Waals surface area contributed by atoms with Gasteiger partial charge in [0.1, 0.15) is 17.0 Å². The maximum Gasteiger partial charge on any atom is 0.135 e. The molecule has 0 spiro atoms. The van der Waals surface area contributed by atoms with Crippen LogP contribution in [-0.2, 0) is 13.0 Å². The Morgan fingerprint density at radius 1 is 1.07 bits per heavy atom. The van der Waals surface area contributed by atoms with Gasteiger partial charge in [0.2, 0.25) is 0 Å². The van der Waals surface area contributed by atoms with E-state index in [4.69, 9.17) is 10.4 Å². The van der Waals surface area contributed by atoms with Gasteiger partial charge in [-0.2, -0.15) is 0 Å². The Kier molecular flexibility index (Phi) is 4.42. The number of benzene rings is 1. The average molecular weight is 369 g/mol. The highest BCUT2D eigenvalue weighted by atomic mass is 15.2. The zero-order valence-electron chi connectivity index (χ0n) is 15.9. The summed E-state index contributed by atoms with van der Waals surface area (Å²) < 4.78 is 2.14. The minimum Gasteiger partial charge on any atom is -0.313 e. The van der Waals surface area contributed by atoms with Gasteiger partial charge in [-0.1, -0.05) is 18.4 Å². The predicted octanol–water partition coefficient (Wildman–Crippen LogP) is 2.72. The molecule has 3 aromatic rings. The van der Waals surface area contributed by atoms with Gasteiger partial charge in [0.15, 0.2) is 0 Å². The largest absolute Gasteiger partial charge is 0.313 e. The monoisotopic (exact) mass is 369 g/mol. The number of fused-ring (bicyclic) bond motifs is 3. The van der Waals surface area contributed by atoms with Crippen LogP contribution >= 0.6 is 0 Å². The van der Waals surface area contributed by atoms with Gasteiger partial charge in [-0.3, -0.25) is 10.3 Å². The van der Waals surface area contributed by atoms with E-state index in [2.05, 4.69) is 26.3 Å². The van der Waals surface area contributed by atoms with Crippen LogP contribution in [0.1, 0.15) is 36.3 Å². The molecule has 5 nitrogen and oxygen atoms in total. The third-order valence-electron chi connectivity index (χ3n) is 5.85. The fourth-order valence-corrected chi connectivity index (χ4v) is 4.35. The zero-order chi connectivity index (χ0) is 18.9. The number of nitrogens with one attached hydrogen (secondary N) is 1. The molecule has 5 rings (SSSR count). The summed E-state index contributed by atoms with van der Waals surface area (Å²) in [5, 5.41) is 9.69. The van der Waals surface area contributed by atoms with E-state index >= 15 is 0 Å². The lowest BCUT2D eigenvalue weighted by atomic mass is 10.0. The molecule has 1 unspecified atom stereocenters. The first-order valence-electron chi connectivity index (χ1n) is 10.0. The number of aromatic nitrogens is 3. The van der Waals surface area contributed by atoms with Crippen molar-refractivity contribution in [1.29, 1.82) is 5.41 Å². The van der Waals surface area contributed by atoms with Crippen LogP contribution in [0, 0.1) is 17.3 Å². The van der Waals surface area contributed by atoms with Crippen molar-refractivity contribution in [1.82, 2.24) is 19.4 Å². The van der Waals surface area contributed by atoms with Gasteiger partial charge in [-0.25, -0.2) is 9.97 Å². The molecule has 140 valence electrons. The maximum absolute atomic E-state index is 8.79. The second kappa shape index (κ2) is 7.21. The fraction of sp³-hybridized carbons (Fsp3) is 0.348. The lowest BCUT2D eigenvalue weighted by molar-refractivity contribution is 0.144. The highest BCUT2D eigenvalue weighted by Crippen LogP contribution is 2.22. The van der Waals surface area contributed by atoms with E-state index in [0.717, 1.165) is 47.5 Å². The first kappa shape index (κ1) is 17.2. The van der Waals surface area contributed by atoms with Gasteiger partial charge in [0.05, 0.1) is 5.52 Å². The summed E-state index contributed by atoms with van der Waals surface area (Å²) in [4.78, 5) is 11.8. The van der Waals surface area contributed by atoms with Gasteiger partial charge in [-0.05, 0) is 55.6 Å². The van der Waals surface area contributed by atoms with E-state index < -0.39 is 0 Å². The second-order valence-electron chi connectivity index (χ2n) is 7.62. The summed E-state index contributed by atoms with van der Waals surface area (Å²) in [6, 6.07) is 12.2. The quantitative estimate of drug-likeness (QED) is 0.620. The van der Waals surface area contributed by atoms with Crippen LogP contribution in [0.3, 0.4) is 0 Å². The molecule has 5 heteroatoms. The van der Waals surface area contributed by atoms with E-state index in [1.165, 1.54) is 25.8 Å². The lowest BCUT2D eigenvalue weighted by Crippen LogP contribution is -2.42. The molecule has 28 heavy (non-hydrogen) atoms. The molecule has 1 N–H and O–H groups in total. The number of hydrogen-bond donors (Lipinski definition) is 1. The zero-order valence-corrected chi connectivity index (χ0v) is 15.9. The number of piperidine rings is 1. The number of nitrogens with zero attached hydrogens (tertiary/aromatic N) is 4. The van der Waals surface area contributed by atoms with Crippen molar-refractivity contribution in [2.75, 3.05) is 13.1 Å². The van der Waals surface area contributed by atoms with Crippen molar-refractivity contribution in [3.63, 3.8) is 0 Å². The van der Waals surface area contributed by atoms with Crippen LogP contribution in [0.15, 0.2) is 42.6 Å². The van der Waals surface area contributed by atoms with Gasteiger partial charge in [-0.15, -0.1) is 0 Å². The molecule has 4 heterocycles. The molecule has 2 aliphatic heterocycles. The van der Waals surface area contributed by atoms with E-state index in [0.29, 0.717) is 11.5 Å². The van der Waals surface area contributed by atoms with Crippen molar-refractivity contribution in [2.45, 2.75) is 38.3 Å². The average Bonchev–Trinajstić information content (AvgIpc) is 2.93. The Morgan fingerprint density at radius 3 is 2.93 bits per heavy atom. The lowest BCUT2D eigenvalue weighted by Gasteiger charge is -2.33. The van der Waals surface area contributed by atoms with Crippen LogP contribution in [0.5, 0.6) is 0 Å². The third-order valence-corrected chi connectivity index (χ3v) is 5.85. The van der Waals surface area contributed by atoms with E-state index in [-0.39, 0.29) is 0 Å². The first-order valence-corrected chi connectivity index (χ1v) is 10.0. The summed E-state index contributed by atoms with van der Waals surface area (Å²) in [5.74, 6) is 7.30. The molecule has 1 saturated heterocycles. The van der Waals surface area contributed by atoms with Gasteiger partial charge < -0.3 is 4.57 Å². The van der Waals surface area contributed by atoms with Crippen LogP contribution in [0.4, 0.5) is 0 Å². The fourth-order valence-electron chi connectivity index (χ4n) is 4.35. The van der Waals surface area contributed by atoms with E-state index in [1.54, 1.807) is 6.20 Å². The summed E-state index contributed by atoms with van der Waals surface area (Å²) in [7, 11) is 0. The highest BCUT2D eigenvalue weighted by molar-refractivity contribution is 5.79. The topological polar surface area (TPSA) is 57.8 Å². The molecule has 0 aliphatic carbocycles. The molecule has 0 saturated carbocycles. The van der Waals surface area contributed by atoms with Gasteiger partial charge >= 0.3 is 0 Å². The van der Waals surface area contributed by atoms with E-state index in [9.17, 15) is 0 Å². The molecule has 0 radical (unpaired) electrons. The minimum atomic E-state index is 0.548. The minimum absolute atomic E-state index is 0.548. The molecule has 2 aliphatic rings. The molecular formula is C23H23N5. The number of pyridine rings is 1. The Labute approximate surface area is 164 Å². The Hall–Kier alpha value is -2.97. The van der Waals surface area contributed by atoms with Gasteiger partial charge in [0.25, 0.3) is 0 Å². The third kappa shape index (κ3) is 3.21. The van der Waals surface area contributed by atoms with E-state index in [1.807, 2.05) is 36.4 Å². The van der Waals surface area contributed by atoms with Crippen LogP contribution in [0.25, 0.3) is 10.9 Å². The summed E-state index contributed by atoms with van der Waals surface area (Å²) in [5.41, 5.74) is 3.10. The first-order chi connectivity index (χ1) is 13.8. The summed E-state index contributed by atoms with van der Waals surface area (Å²) >= 11 is 0. The molecule has 1 aromatic carbocycles. The second-order valence-corrected chi connectivity index (χ2v) is 7.62. The number of hydrogen-bond acceptors (Lipinski definition) is 4. The Morgan fingerprint density at radius 2 is 2.04 bits per heavy atom. The highest BCUT2D eigenvalue weighted by Gasteiger charge is 2.27. The summed E-state index contributed by atoms with van der Waals surface area (Å²) in [6.07, 6.45) is 6.47. The Bertz CT molecular complexity index is 1140. The maximum atomic E-state index is 8.79. The Balaban J connectivity index is 1.53. The normalized spacial score (nSPS) is 19.2. The van der Waals surface area contributed by atoms with Crippen LogP contribution in [0.2, 0.25) is 0 Å². The van der Waals surface area contributed by atoms with Crippen molar-refractivity contribution < 1.29 is 0 Å². The molecule has 2 aromatic heterocycles. The van der Waals surface area contributed by atoms with Crippen molar-refractivity contribution in [3.05, 3.63) is 65.2 Å². The van der Waals surface area contributed by atoms with Crippen LogP contribution in [-0.4, -0.2) is 38.6 Å². The molecule has 0 amide bonds. The molecule has 0 bridgehead atoms. The SMILES string of the molecule is N=c1c2ccc(C#Cc3ccccn3)cc2nc2n1CC1CCCCN1CC2. The van der Waals surface area contributed by atoms with Crippen molar-refractivity contribution in [3.8, 4) is 11.8 Å². The van der Waals surface area contributed by atoms with Crippen molar-refractivity contribution >= 4 is 10.9 Å². The number of rotatable bonds is 0. The van der Waals surface area contributed by atoms with Gasteiger partial charge in [0, 0.05) is 42.7 Å².